The van der Waals surface area contributed by atoms with E-state index in [4.69, 9.17) is 11.5 Å². The Bertz CT molecular complexity index is 1250. The van der Waals surface area contributed by atoms with Gasteiger partial charge in [0.15, 0.2) is 0 Å². The number of nitrogens with two attached hydrogens (primary N) is 2. The molecule has 0 aromatic carbocycles. The van der Waals surface area contributed by atoms with Gasteiger partial charge in [0, 0.05) is 6.42 Å². The molecule has 57 heavy (non-hydrogen) atoms. The van der Waals surface area contributed by atoms with Gasteiger partial charge in [-0.05, 0) is 81.7 Å². The molecule has 6 amide bonds. The van der Waals surface area contributed by atoms with Crippen LogP contribution >= 0.6 is 0 Å². The number of carboxylic acid groups (broad SMARTS) is 1. The minimum atomic E-state index is -1.20. The number of carboxylic acids is 1. The van der Waals surface area contributed by atoms with Gasteiger partial charge in [0.25, 0.3) is 0 Å². The van der Waals surface area contributed by atoms with Gasteiger partial charge in [0.1, 0.15) is 36.3 Å². The van der Waals surface area contributed by atoms with Crippen LogP contribution in [0.5, 0.6) is 0 Å². The lowest BCUT2D eigenvalue weighted by Crippen LogP contribution is -2.62. The van der Waals surface area contributed by atoms with Crippen molar-refractivity contribution in [3.63, 3.8) is 0 Å². The lowest BCUT2D eigenvalue weighted by Gasteiger charge is -2.31. The third-order valence-electron chi connectivity index (χ3n) is 10.0. The van der Waals surface area contributed by atoms with Crippen LogP contribution in [0.3, 0.4) is 0 Å². The highest BCUT2D eigenvalue weighted by Gasteiger charge is 2.36. The van der Waals surface area contributed by atoms with Crippen LogP contribution in [-0.2, 0) is 33.6 Å². The second kappa shape index (κ2) is 29.4. The summed E-state index contributed by atoms with van der Waals surface area (Å²) in [4.78, 5) is 93.1. The zero-order valence-electron chi connectivity index (χ0n) is 36.3. The second-order valence-corrected chi connectivity index (χ2v) is 16.4. The molecule has 0 aromatic heterocycles. The van der Waals surface area contributed by atoms with Crippen molar-refractivity contribution in [2.45, 2.75) is 182 Å². The van der Waals surface area contributed by atoms with Crippen molar-refractivity contribution in [2.24, 2.45) is 35.1 Å². The fourth-order valence-electron chi connectivity index (χ4n) is 6.25. The molecule has 330 valence electrons. The molecule has 0 aliphatic carbocycles. The predicted molar refractivity (Wildman–Crippen MR) is 222 cm³/mol. The van der Waals surface area contributed by atoms with Crippen molar-refractivity contribution >= 4 is 41.4 Å². The standard InChI is InChI=1S/C41H78N8O8/c1-10-12-13-14-15-21-32(50)44-31(24-25(3)4)37(52)45-29(20-18-23-43)36(51)49-35(28(9)11-2)40(55)48-34(27(7)8)39(54)47-33(26(5)6)38(53)46-30(41(56)57)19-16-17-22-42/h25-31,33-35H,10-24,42-43H2,1-9H3,(H,44,50)(H,45,52)(H,46,53)(H,47,54)(H,48,55)(H,49,51)(H,56,57)/t28-,29+,30+,31-,33-,34-,35-/m0/s1. The molecule has 0 aromatic rings. The number of rotatable bonds is 31. The predicted octanol–water partition coefficient (Wildman–Crippen LogP) is 2.61. The Morgan fingerprint density at radius 3 is 1.47 bits per heavy atom. The highest BCUT2D eigenvalue weighted by atomic mass is 16.4. The number of hydrogen-bond acceptors (Lipinski definition) is 9. The van der Waals surface area contributed by atoms with Crippen molar-refractivity contribution in [3.05, 3.63) is 0 Å². The Morgan fingerprint density at radius 1 is 0.509 bits per heavy atom. The maximum absolute atomic E-state index is 13.9. The largest absolute Gasteiger partial charge is 0.480 e. The molecule has 0 unspecified atom stereocenters. The molecular weight excluding hydrogens is 732 g/mol. The van der Waals surface area contributed by atoms with Gasteiger partial charge in [-0.1, -0.05) is 94.4 Å². The molecule has 0 fully saturated rings. The van der Waals surface area contributed by atoms with Crippen LogP contribution in [-0.4, -0.2) is 95.9 Å². The zero-order valence-corrected chi connectivity index (χ0v) is 36.3. The summed E-state index contributed by atoms with van der Waals surface area (Å²) in [7, 11) is 0. The SMILES string of the molecule is CCCCCCCC(=O)N[C@@H](CC(C)C)C(=O)N[C@H](CCCN)C(=O)N[C@H](C(=O)N[C@H](C(=O)N[C@H](C(=O)N[C@H](CCCCN)C(=O)O)C(C)C)C(C)C)[C@@H](C)CC. The van der Waals surface area contributed by atoms with Crippen molar-refractivity contribution in [3.8, 4) is 0 Å². The molecule has 16 heteroatoms. The van der Waals surface area contributed by atoms with Crippen LogP contribution in [0.1, 0.15) is 146 Å². The average Bonchev–Trinajstić information content (AvgIpc) is 3.14. The molecule has 0 bridgehead atoms. The van der Waals surface area contributed by atoms with Crippen LogP contribution in [0.2, 0.25) is 0 Å². The third-order valence-corrected chi connectivity index (χ3v) is 10.0. The smallest absolute Gasteiger partial charge is 0.326 e. The van der Waals surface area contributed by atoms with E-state index in [0.29, 0.717) is 45.1 Å². The van der Waals surface area contributed by atoms with Gasteiger partial charge in [-0.15, -0.1) is 0 Å². The Morgan fingerprint density at radius 2 is 0.982 bits per heavy atom. The van der Waals surface area contributed by atoms with Crippen molar-refractivity contribution in [2.75, 3.05) is 13.1 Å². The van der Waals surface area contributed by atoms with Gasteiger partial charge in [0.05, 0.1) is 0 Å². The molecule has 0 saturated carbocycles. The van der Waals surface area contributed by atoms with Crippen molar-refractivity contribution < 1.29 is 38.7 Å². The summed E-state index contributed by atoms with van der Waals surface area (Å²) in [6.45, 7) is 17.1. The highest BCUT2D eigenvalue weighted by Crippen LogP contribution is 2.14. The van der Waals surface area contributed by atoms with Gasteiger partial charge in [-0.25, -0.2) is 4.79 Å². The van der Waals surface area contributed by atoms with Crippen LogP contribution < -0.4 is 43.4 Å². The van der Waals surface area contributed by atoms with E-state index < -0.39 is 83.6 Å². The summed E-state index contributed by atoms with van der Waals surface area (Å²) in [5.41, 5.74) is 11.3. The van der Waals surface area contributed by atoms with Crippen LogP contribution in [0.25, 0.3) is 0 Å². The van der Waals surface area contributed by atoms with Gasteiger partial charge in [-0.3, -0.25) is 28.8 Å². The van der Waals surface area contributed by atoms with E-state index in [-0.39, 0.29) is 37.1 Å². The summed E-state index contributed by atoms with van der Waals surface area (Å²) in [5, 5.41) is 26.1. The van der Waals surface area contributed by atoms with E-state index in [9.17, 15) is 38.7 Å². The number of aliphatic carboxylic acids is 1. The lowest BCUT2D eigenvalue weighted by molar-refractivity contribution is -0.143. The Balaban J connectivity index is 6.08. The van der Waals surface area contributed by atoms with E-state index in [1.807, 2.05) is 20.8 Å². The normalized spacial score (nSPS) is 15.1. The number of carbonyl (C=O) groups is 7. The number of amides is 6. The molecule has 0 rings (SSSR count). The first-order valence-electron chi connectivity index (χ1n) is 21.3. The molecule has 0 spiro atoms. The molecule has 0 saturated heterocycles. The fraction of sp³-hybridized carbons (Fsp3) is 0.829. The third kappa shape index (κ3) is 21.5. The second-order valence-electron chi connectivity index (χ2n) is 16.4. The number of unbranched alkanes of at least 4 members (excludes halogenated alkanes) is 5. The van der Waals surface area contributed by atoms with E-state index in [0.717, 1.165) is 32.1 Å². The summed E-state index contributed by atoms with van der Waals surface area (Å²) < 4.78 is 0. The van der Waals surface area contributed by atoms with Crippen LogP contribution in [0.4, 0.5) is 0 Å². The molecule has 0 aliphatic rings. The Hall–Kier alpha value is -3.79. The van der Waals surface area contributed by atoms with Crippen LogP contribution in [0, 0.1) is 23.7 Å². The first kappa shape index (κ1) is 53.2. The van der Waals surface area contributed by atoms with Crippen molar-refractivity contribution in [1.82, 2.24) is 31.9 Å². The minimum Gasteiger partial charge on any atom is -0.480 e. The van der Waals surface area contributed by atoms with E-state index >= 15 is 0 Å². The van der Waals surface area contributed by atoms with Gasteiger partial charge >= 0.3 is 5.97 Å². The zero-order chi connectivity index (χ0) is 43.7. The molecule has 0 radical (unpaired) electrons. The summed E-state index contributed by atoms with van der Waals surface area (Å²) in [6.07, 6.45) is 7.91. The monoisotopic (exact) mass is 811 g/mol. The Kier molecular flexibility index (Phi) is 27.5. The summed E-state index contributed by atoms with van der Waals surface area (Å²) in [6, 6.07) is -6.38. The minimum absolute atomic E-state index is 0.0739. The number of hydrogen-bond donors (Lipinski definition) is 9. The van der Waals surface area contributed by atoms with E-state index in [2.05, 4.69) is 38.8 Å². The first-order chi connectivity index (χ1) is 26.8. The van der Waals surface area contributed by atoms with E-state index in [1.54, 1.807) is 34.6 Å². The molecule has 0 heterocycles. The molecule has 0 aliphatic heterocycles. The molecular formula is C41H78N8O8. The Labute approximate surface area is 341 Å². The lowest BCUT2D eigenvalue weighted by atomic mass is 9.95. The fourth-order valence-corrected chi connectivity index (χ4v) is 6.25. The average molecular weight is 811 g/mol. The maximum atomic E-state index is 13.9. The number of nitrogens with one attached hydrogen (secondary N) is 6. The van der Waals surface area contributed by atoms with Crippen molar-refractivity contribution in [1.29, 1.82) is 0 Å². The van der Waals surface area contributed by atoms with Crippen LogP contribution in [0.15, 0.2) is 0 Å². The number of carbonyl (C=O) groups excluding carboxylic acids is 6. The van der Waals surface area contributed by atoms with Gasteiger partial charge in [0.2, 0.25) is 35.4 Å². The molecule has 16 nitrogen and oxygen atoms in total. The quantitative estimate of drug-likeness (QED) is 0.0462. The maximum Gasteiger partial charge on any atom is 0.326 e. The first-order valence-corrected chi connectivity index (χ1v) is 21.3. The summed E-state index contributed by atoms with van der Waals surface area (Å²) in [5.74, 6) is -5.66. The molecule has 11 N–H and O–H groups in total. The molecule has 7 atom stereocenters. The summed E-state index contributed by atoms with van der Waals surface area (Å²) >= 11 is 0. The topological polar surface area (TPSA) is 264 Å². The van der Waals surface area contributed by atoms with Gasteiger partial charge < -0.3 is 48.5 Å². The highest BCUT2D eigenvalue weighted by molar-refractivity contribution is 5.97. The van der Waals surface area contributed by atoms with Gasteiger partial charge in [-0.2, -0.15) is 0 Å². The van der Waals surface area contributed by atoms with E-state index in [1.165, 1.54) is 0 Å².